The van der Waals surface area contributed by atoms with Crippen molar-refractivity contribution < 1.29 is 27.5 Å². The van der Waals surface area contributed by atoms with Crippen LogP contribution in [0.4, 0.5) is 13.2 Å². The summed E-state index contributed by atoms with van der Waals surface area (Å²) in [7, 11) is 0. The van der Waals surface area contributed by atoms with Gasteiger partial charge < -0.3 is 4.74 Å². The molecule has 0 saturated heterocycles. The minimum atomic E-state index is -4.52. The van der Waals surface area contributed by atoms with Crippen LogP contribution in [0, 0.1) is 0 Å². The first kappa shape index (κ1) is 13.2. The highest BCUT2D eigenvalue weighted by atomic mass is 19.4. The standard InChI is InChI=1S/C11H9F3O3/c1-7(15)17-9-4-2-8(3-5-9)10(16)6-11(12,13)14/h2-5H,6H2,1H3. The van der Waals surface area contributed by atoms with E-state index in [4.69, 9.17) is 0 Å². The van der Waals surface area contributed by atoms with E-state index in [0.29, 0.717) is 0 Å². The summed E-state index contributed by atoms with van der Waals surface area (Å²) in [6.07, 6.45) is -6.02. The fourth-order valence-electron chi connectivity index (χ4n) is 1.16. The fourth-order valence-corrected chi connectivity index (χ4v) is 1.16. The van der Waals surface area contributed by atoms with Gasteiger partial charge in [-0.15, -0.1) is 0 Å². The highest BCUT2D eigenvalue weighted by Gasteiger charge is 2.31. The van der Waals surface area contributed by atoms with E-state index in [-0.39, 0.29) is 11.3 Å². The van der Waals surface area contributed by atoms with Gasteiger partial charge in [-0.25, -0.2) is 0 Å². The van der Waals surface area contributed by atoms with Gasteiger partial charge in [0, 0.05) is 12.5 Å². The Morgan fingerprint density at radius 3 is 2.12 bits per heavy atom. The molecule has 0 heterocycles. The zero-order valence-corrected chi connectivity index (χ0v) is 8.88. The van der Waals surface area contributed by atoms with Crippen molar-refractivity contribution in [3.63, 3.8) is 0 Å². The zero-order chi connectivity index (χ0) is 13.1. The topological polar surface area (TPSA) is 43.4 Å². The van der Waals surface area contributed by atoms with Crippen molar-refractivity contribution in [1.82, 2.24) is 0 Å². The van der Waals surface area contributed by atoms with Crippen molar-refractivity contribution in [2.75, 3.05) is 0 Å². The molecule has 0 aliphatic rings. The van der Waals surface area contributed by atoms with Crippen LogP contribution in [-0.2, 0) is 4.79 Å². The van der Waals surface area contributed by atoms with E-state index in [1.54, 1.807) is 0 Å². The van der Waals surface area contributed by atoms with Crippen LogP contribution in [0.15, 0.2) is 24.3 Å². The molecule has 0 N–H and O–H groups in total. The van der Waals surface area contributed by atoms with Gasteiger partial charge in [-0.2, -0.15) is 13.2 Å². The third-order valence-corrected chi connectivity index (χ3v) is 1.80. The first-order chi connectivity index (χ1) is 7.78. The molecule has 0 bridgehead atoms. The summed E-state index contributed by atoms with van der Waals surface area (Å²) in [5.74, 6) is -1.38. The number of esters is 1. The number of hydrogen-bond donors (Lipinski definition) is 0. The lowest BCUT2D eigenvalue weighted by atomic mass is 10.1. The summed E-state index contributed by atoms with van der Waals surface area (Å²) in [4.78, 5) is 21.7. The van der Waals surface area contributed by atoms with Crippen LogP contribution >= 0.6 is 0 Å². The second-order valence-electron chi connectivity index (χ2n) is 3.33. The Balaban J connectivity index is 2.74. The van der Waals surface area contributed by atoms with E-state index >= 15 is 0 Å². The van der Waals surface area contributed by atoms with E-state index in [2.05, 4.69) is 4.74 Å². The molecule has 17 heavy (non-hydrogen) atoms. The smallest absolute Gasteiger partial charge is 0.396 e. The van der Waals surface area contributed by atoms with Gasteiger partial charge in [-0.3, -0.25) is 9.59 Å². The molecule has 0 unspecified atom stereocenters. The minimum Gasteiger partial charge on any atom is -0.427 e. The molecule has 0 aliphatic carbocycles. The normalized spacial score (nSPS) is 11.1. The molecule has 0 aromatic heterocycles. The molecular weight excluding hydrogens is 237 g/mol. The van der Waals surface area contributed by atoms with E-state index < -0.39 is 24.3 Å². The van der Waals surface area contributed by atoms with E-state index in [1.165, 1.54) is 31.2 Å². The molecule has 0 amide bonds. The van der Waals surface area contributed by atoms with Gasteiger partial charge in [0.25, 0.3) is 0 Å². The van der Waals surface area contributed by atoms with Crippen molar-refractivity contribution in [3.8, 4) is 5.75 Å². The van der Waals surface area contributed by atoms with Gasteiger partial charge in [0.05, 0.1) is 0 Å². The maximum Gasteiger partial charge on any atom is 0.396 e. The van der Waals surface area contributed by atoms with Gasteiger partial charge >= 0.3 is 12.1 Å². The second kappa shape index (κ2) is 4.99. The second-order valence-corrected chi connectivity index (χ2v) is 3.33. The predicted molar refractivity (Wildman–Crippen MR) is 52.8 cm³/mol. The van der Waals surface area contributed by atoms with Crippen molar-refractivity contribution >= 4 is 11.8 Å². The largest absolute Gasteiger partial charge is 0.427 e. The number of alkyl halides is 3. The fraction of sp³-hybridized carbons (Fsp3) is 0.273. The van der Waals surface area contributed by atoms with Crippen molar-refractivity contribution in [1.29, 1.82) is 0 Å². The van der Waals surface area contributed by atoms with Crippen molar-refractivity contribution in [2.45, 2.75) is 19.5 Å². The number of rotatable bonds is 3. The van der Waals surface area contributed by atoms with Gasteiger partial charge in [-0.05, 0) is 24.3 Å². The molecule has 0 saturated carbocycles. The maximum atomic E-state index is 12.0. The molecule has 1 aromatic rings. The predicted octanol–water partition coefficient (Wildman–Crippen LogP) is 2.75. The van der Waals surface area contributed by atoms with Crippen LogP contribution in [0.3, 0.4) is 0 Å². The highest BCUT2D eigenvalue weighted by molar-refractivity contribution is 5.96. The number of carbonyl (C=O) groups excluding carboxylic acids is 2. The van der Waals surface area contributed by atoms with E-state index in [1.807, 2.05) is 0 Å². The van der Waals surface area contributed by atoms with Gasteiger partial charge in [0.1, 0.15) is 12.2 Å². The van der Waals surface area contributed by atoms with E-state index in [9.17, 15) is 22.8 Å². The van der Waals surface area contributed by atoms with Crippen LogP contribution in [0.1, 0.15) is 23.7 Å². The Morgan fingerprint density at radius 2 is 1.71 bits per heavy atom. The van der Waals surface area contributed by atoms with Crippen LogP contribution in [0.5, 0.6) is 5.75 Å². The molecule has 0 atom stereocenters. The minimum absolute atomic E-state index is 0.0711. The molecule has 1 aromatic carbocycles. The monoisotopic (exact) mass is 246 g/mol. The summed E-state index contributed by atoms with van der Waals surface area (Å²) in [6, 6.07) is 4.91. The Bertz CT molecular complexity index is 421. The van der Waals surface area contributed by atoms with Gasteiger partial charge in [-0.1, -0.05) is 0 Å². The number of hydrogen-bond acceptors (Lipinski definition) is 3. The summed E-state index contributed by atoms with van der Waals surface area (Å²) in [6.45, 7) is 1.20. The number of ketones is 1. The van der Waals surface area contributed by atoms with Crippen LogP contribution < -0.4 is 4.74 Å². The molecule has 0 radical (unpaired) electrons. The Morgan fingerprint density at radius 1 is 1.18 bits per heavy atom. The molecule has 0 fully saturated rings. The molecule has 0 spiro atoms. The molecule has 0 aliphatic heterocycles. The van der Waals surface area contributed by atoms with Gasteiger partial charge in [0.2, 0.25) is 0 Å². The van der Waals surface area contributed by atoms with Crippen LogP contribution in [-0.4, -0.2) is 17.9 Å². The lowest BCUT2D eigenvalue weighted by Crippen LogP contribution is -2.14. The average Bonchev–Trinajstić information content (AvgIpc) is 2.15. The molecule has 3 nitrogen and oxygen atoms in total. The third-order valence-electron chi connectivity index (χ3n) is 1.80. The molecule has 1 rings (SSSR count). The summed E-state index contributed by atoms with van der Waals surface area (Å²) in [5, 5.41) is 0. The Kier molecular flexibility index (Phi) is 3.88. The van der Waals surface area contributed by atoms with Crippen molar-refractivity contribution in [3.05, 3.63) is 29.8 Å². The first-order valence-electron chi connectivity index (χ1n) is 4.66. The molecule has 92 valence electrons. The van der Waals surface area contributed by atoms with Crippen molar-refractivity contribution in [2.24, 2.45) is 0 Å². The molecular formula is C11H9F3O3. The Labute approximate surface area is 95.2 Å². The Hall–Kier alpha value is -1.85. The van der Waals surface area contributed by atoms with Gasteiger partial charge in [0.15, 0.2) is 5.78 Å². The number of benzene rings is 1. The summed E-state index contributed by atoms with van der Waals surface area (Å²) >= 11 is 0. The maximum absolute atomic E-state index is 12.0. The van der Waals surface area contributed by atoms with E-state index in [0.717, 1.165) is 0 Å². The first-order valence-corrected chi connectivity index (χ1v) is 4.66. The highest BCUT2D eigenvalue weighted by Crippen LogP contribution is 2.23. The zero-order valence-electron chi connectivity index (χ0n) is 8.88. The SMILES string of the molecule is CC(=O)Oc1ccc(C(=O)CC(F)(F)F)cc1. The number of Topliss-reactive ketones (excluding diaryl/α,β-unsaturated/α-hetero) is 1. The lowest BCUT2D eigenvalue weighted by molar-refractivity contribution is -0.132. The van der Waals surface area contributed by atoms with Crippen LogP contribution in [0.2, 0.25) is 0 Å². The lowest BCUT2D eigenvalue weighted by Gasteiger charge is -2.06. The quantitative estimate of drug-likeness (QED) is 0.468. The summed E-state index contributed by atoms with van der Waals surface area (Å²) in [5.41, 5.74) is -0.0711. The third kappa shape index (κ3) is 4.67. The summed E-state index contributed by atoms with van der Waals surface area (Å²) < 4.78 is 40.5. The average molecular weight is 246 g/mol. The number of carbonyl (C=O) groups is 2. The van der Waals surface area contributed by atoms with Crippen LogP contribution in [0.25, 0.3) is 0 Å². The number of halogens is 3. The number of ether oxygens (including phenoxy) is 1. The molecule has 6 heteroatoms.